The predicted octanol–water partition coefficient (Wildman–Crippen LogP) is 1.77. The summed E-state index contributed by atoms with van der Waals surface area (Å²) >= 11 is 0. The van der Waals surface area contributed by atoms with Gasteiger partial charge in [0.2, 0.25) is 0 Å². The van der Waals surface area contributed by atoms with E-state index < -0.39 is 5.97 Å². The number of aromatic nitrogens is 2. The van der Waals surface area contributed by atoms with Gasteiger partial charge in [0, 0.05) is 18.1 Å². The Labute approximate surface area is 114 Å². The molecule has 1 aromatic carbocycles. The molecule has 6 heteroatoms. The van der Waals surface area contributed by atoms with E-state index in [0.717, 1.165) is 29.7 Å². The minimum Gasteiger partial charge on any atom is -0.486 e. The summed E-state index contributed by atoms with van der Waals surface area (Å²) in [6.07, 6.45) is 2.16. The van der Waals surface area contributed by atoms with E-state index in [1.807, 2.05) is 12.1 Å². The van der Waals surface area contributed by atoms with Crippen LogP contribution in [0.4, 0.5) is 0 Å². The van der Waals surface area contributed by atoms with E-state index in [0.29, 0.717) is 30.6 Å². The van der Waals surface area contributed by atoms with E-state index in [4.69, 9.17) is 14.6 Å². The molecule has 2 aliphatic rings. The monoisotopic (exact) mass is 274 g/mol. The lowest BCUT2D eigenvalue weighted by Crippen LogP contribution is -2.15. The predicted molar refractivity (Wildman–Crippen MR) is 70.3 cm³/mol. The molecule has 0 unspecified atom stereocenters. The zero-order valence-electron chi connectivity index (χ0n) is 10.8. The van der Waals surface area contributed by atoms with Gasteiger partial charge in [0.05, 0.1) is 11.0 Å². The largest absolute Gasteiger partial charge is 0.486 e. The average molecular weight is 274 g/mol. The van der Waals surface area contributed by atoms with Crippen molar-refractivity contribution in [3.63, 3.8) is 0 Å². The van der Waals surface area contributed by atoms with Crippen molar-refractivity contribution in [3.05, 3.63) is 18.0 Å². The molecule has 0 saturated heterocycles. The number of aliphatic carboxylic acids is 1. The topological polar surface area (TPSA) is 73.6 Å². The standard InChI is InChI=1S/C14H14N2O4/c17-13(18)7-16-10-6-12-11(19-3-4-20-12)5-9(10)15-14(16)8-1-2-8/h5-6,8H,1-4,7H2,(H,17,18). The molecular formula is C14H14N2O4. The van der Waals surface area contributed by atoms with Crippen LogP contribution >= 0.6 is 0 Å². The first-order chi connectivity index (χ1) is 9.72. The van der Waals surface area contributed by atoms with Crippen molar-refractivity contribution in [3.8, 4) is 11.5 Å². The summed E-state index contributed by atoms with van der Waals surface area (Å²) < 4.78 is 12.9. The van der Waals surface area contributed by atoms with Crippen molar-refractivity contribution in [1.82, 2.24) is 9.55 Å². The fourth-order valence-corrected chi connectivity index (χ4v) is 2.63. The van der Waals surface area contributed by atoms with Gasteiger partial charge in [-0.1, -0.05) is 0 Å². The number of carbonyl (C=O) groups is 1. The molecule has 0 radical (unpaired) electrons. The number of rotatable bonds is 3. The molecule has 0 amide bonds. The zero-order valence-corrected chi connectivity index (χ0v) is 10.8. The fourth-order valence-electron chi connectivity index (χ4n) is 2.63. The number of imidazole rings is 1. The molecule has 1 aliphatic heterocycles. The third kappa shape index (κ3) is 1.79. The van der Waals surface area contributed by atoms with Gasteiger partial charge in [-0.3, -0.25) is 4.79 Å². The van der Waals surface area contributed by atoms with Gasteiger partial charge >= 0.3 is 5.97 Å². The van der Waals surface area contributed by atoms with E-state index in [9.17, 15) is 4.79 Å². The maximum absolute atomic E-state index is 11.1. The van der Waals surface area contributed by atoms with Crippen LogP contribution in [0.25, 0.3) is 11.0 Å². The van der Waals surface area contributed by atoms with Crippen LogP contribution in [-0.4, -0.2) is 33.8 Å². The third-order valence-electron chi connectivity index (χ3n) is 3.68. The lowest BCUT2D eigenvalue weighted by atomic mass is 10.2. The molecule has 2 aromatic rings. The second-order valence-corrected chi connectivity index (χ2v) is 5.21. The summed E-state index contributed by atoms with van der Waals surface area (Å²) in [5.74, 6) is 1.75. The number of nitrogens with zero attached hydrogens (tertiary/aromatic N) is 2. The van der Waals surface area contributed by atoms with Crippen molar-refractivity contribution in [2.45, 2.75) is 25.3 Å². The molecular weight excluding hydrogens is 260 g/mol. The summed E-state index contributed by atoms with van der Waals surface area (Å²) in [6.45, 7) is 0.979. The van der Waals surface area contributed by atoms with Crippen LogP contribution in [0.15, 0.2) is 12.1 Å². The Morgan fingerprint density at radius 2 is 2.00 bits per heavy atom. The minimum absolute atomic E-state index is 0.0675. The van der Waals surface area contributed by atoms with E-state index in [1.54, 1.807) is 4.57 Å². The Balaban J connectivity index is 1.91. The first-order valence-electron chi connectivity index (χ1n) is 6.74. The summed E-state index contributed by atoms with van der Waals surface area (Å²) in [7, 11) is 0. The summed E-state index contributed by atoms with van der Waals surface area (Å²) in [5.41, 5.74) is 1.58. The van der Waals surface area contributed by atoms with Crippen LogP contribution in [0.3, 0.4) is 0 Å². The van der Waals surface area contributed by atoms with Gasteiger partial charge in [-0.2, -0.15) is 0 Å². The summed E-state index contributed by atoms with van der Waals surface area (Å²) in [4.78, 5) is 15.7. The van der Waals surface area contributed by atoms with Crippen LogP contribution < -0.4 is 9.47 Å². The van der Waals surface area contributed by atoms with E-state index in [-0.39, 0.29) is 6.54 Å². The third-order valence-corrected chi connectivity index (χ3v) is 3.68. The molecule has 1 aliphatic carbocycles. The van der Waals surface area contributed by atoms with Crippen LogP contribution in [0, 0.1) is 0 Å². The molecule has 0 spiro atoms. The van der Waals surface area contributed by atoms with Gasteiger partial charge < -0.3 is 19.1 Å². The first-order valence-corrected chi connectivity index (χ1v) is 6.74. The highest BCUT2D eigenvalue weighted by molar-refractivity contribution is 5.82. The second kappa shape index (κ2) is 4.13. The molecule has 1 fully saturated rings. The van der Waals surface area contributed by atoms with Gasteiger partial charge in [-0.05, 0) is 12.8 Å². The van der Waals surface area contributed by atoms with Crippen molar-refractivity contribution in [2.75, 3.05) is 13.2 Å². The van der Waals surface area contributed by atoms with Gasteiger partial charge in [-0.15, -0.1) is 0 Å². The Morgan fingerprint density at radius 1 is 1.30 bits per heavy atom. The first kappa shape index (κ1) is 11.6. The van der Waals surface area contributed by atoms with Crippen LogP contribution in [0.1, 0.15) is 24.6 Å². The molecule has 0 bridgehead atoms. The Bertz CT molecular complexity index is 703. The maximum Gasteiger partial charge on any atom is 0.323 e. The van der Waals surface area contributed by atoms with Gasteiger partial charge in [0.15, 0.2) is 11.5 Å². The smallest absolute Gasteiger partial charge is 0.323 e. The zero-order chi connectivity index (χ0) is 13.7. The fraction of sp³-hybridized carbons (Fsp3) is 0.429. The molecule has 104 valence electrons. The van der Waals surface area contributed by atoms with Crippen molar-refractivity contribution in [1.29, 1.82) is 0 Å². The number of benzene rings is 1. The highest BCUT2D eigenvalue weighted by atomic mass is 16.6. The average Bonchev–Trinajstić information content (AvgIpc) is 3.21. The molecule has 0 atom stereocenters. The molecule has 2 heterocycles. The van der Waals surface area contributed by atoms with E-state index in [1.165, 1.54) is 0 Å². The number of carboxylic acids is 1. The number of hydrogen-bond acceptors (Lipinski definition) is 4. The summed E-state index contributed by atoms with van der Waals surface area (Å²) in [6, 6.07) is 3.68. The molecule has 6 nitrogen and oxygen atoms in total. The highest BCUT2D eigenvalue weighted by Gasteiger charge is 2.30. The quantitative estimate of drug-likeness (QED) is 0.923. The maximum atomic E-state index is 11.1. The second-order valence-electron chi connectivity index (χ2n) is 5.21. The molecule has 1 saturated carbocycles. The minimum atomic E-state index is -0.860. The molecule has 1 N–H and O–H groups in total. The Morgan fingerprint density at radius 3 is 2.65 bits per heavy atom. The molecule has 1 aromatic heterocycles. The number of fused-ring (bicyclic) bond motifs is 2. The summed E-state index contributed by atoms with van der Waals surface area (Å²) in [5, 5.41) is 9.11. The normalized spacial score (nSPS) is 17.4. The highest BCUT2D eigenvalue weighted by Crippen LogP contribution is 2.42. The number of carboxylic acid groups (broad SMARTS) is 1. The van der Waals surface area contributed by atoms with Crippen LogP contribution in [0.2, 0.25) is 0 Å². The molecule has 20 heavy (non-hydrogen) atoms. The van der Waals surface area contributed by atoms with E-state index in [2.05, 4.69) is 4.98 Å². The number of hydrogen-bond donors (Lipinski definition) is 1. The lowest BCUT2D eigenvalue weighted by molar-refractivity contribution is -0.137. The van der Waals surface area contributed by atoms with Crippen LogP contribution in [-0.2, 0) is 11.3 Å². The molecule has 4 rings (SSSR count). The van der Waals surface area contributed by atoms with Gasteiger partial charge in [0.25, 0.3) is 0 Å². The van der Waals surface area contributed by atoms with Crippen LogP contribution in [0.5, 0.6) is 11.5 Å². The Kier molecular flexibility index (Phi) is 2.39. The Hall–Kier alpha value is -2.24. The van der Waals surface area contributed by atoms with Gasteiger partial charge in [-0.25, -0.2) is 4.98 Å². The van der Waals surface area contributed by atoms with Crippen molar-refractivity contribution in [2.24, 2.45) is 0 Å². The lowest BCUT2D eigenvalue weighted by Gasteiger charge is -2.18. The van der Waals surface area contributed by atoms with E-state index >= 15 is 0 Å². The van der Waals surface area contributed by atoms with Crippen molar-refractivity contribution >= 4 is 17.0 Å². The number of ether oxygens (including phenoxy) is 2. The SMILES string of the molecule is O=C(O)Cn1c(C2CC2)nc2cc3c(cc21)OCCO3. The van der Waals surface area contributed by atoms with Crippen molar-refractivity contribution < 1.29 is 19.4 Å². The van der Waals surface area contributed by atoms with Gasteiger partial charge in [0.1, 0.15) is 25.6 Å².